The van der Waals surface area contributed by atoms with Crippen molar-refractivity contribution >= 4 is 11.3 Å². The van der Waals surface area contributed by atoms with Crippen molar-refractivity contribution in [3.8, 4) is 16.3 Å². The molecule has 0 bridgehead atoms. The maximum atomic E-state index is 12.2. The third-order valence-electron chi connectivity index (χ3n) is 2.42. The molecule has 1 aromatic heterocycles. The molecule has 2 rings (SSSR count). The van der Waals surface area contributed by atoms with Gasteiger partial charge in [0.25, 0.3) is 0 Å². The first-order valence-corrected chi connectivity index (χ1v) is 6.81. The summed E-state index contributed by atoms with van der Waals surface area (Å²) in [6.45, 7) is 3.55. The number of halogens is 3. The van der Waals surface area contributed by atoms with Crippen LogP contribution in [0.15, 0.2) is 30.5 Å². The number of nitrogens with zero attached hydrogens (tertiary/aromatic N) is 1. The lowest BCUT2D eigenvalue weighted by Crippen LogP contribution is -2.17. The Labute approximate surface area is 118 Å². The Hall–Kier alpha value is -1.60. The Morgan fingerprint density at radius 3 is 2.85 bits per heavy atom. The van der Waals surface area contributed by atoms with Crippen molar-refractivity contribution in [3.63, 3.8) is 0 Å². The van der Waals surface area contributed by atoms with Gasteiger partial charge in [-0.2, -0.15) is 0 Å². The molecule has 0 aliphatic heterocycles. The number of benzene rings is 1. The molecule has 0 atom stereocenters. The van der Waals surface area contributed by atoms with Gasteiger partial charge < -0.3 is 10.1 Å². The molecular weight excluding hydrogens is 289 g/mol. The summed E-state index contributed by atoms with van der Waals surface area (Å²) in [5.41, 5.74) is 0.611. The Balaban J connectivity index is 2.16. The number of hydrogen-bond acceptors (Lipinski definition) is 4. The van der Waals surface area contributed by atoms with Crippen LogP contribution in [0, 0.1) is 0 Å². The normalized spacial score (nSPS) is 11.6. The van der Waals surface area contributed by atoms with Crippen LogP contribution in [0.1, 0.15) is 11.8 Å². The summed E-state index contributed by atoms with van der Waals surface area (Å²) in [5, 5.41) is 3.84. The third-order valence-corrected chi connectivity index (χ3v) is 3.46. The summed E-state index contributed by atoms with van der Waals surface area (Å²) in [4.78, 5) is 5.25. The van der Waals surface area contributed by atoms with Crippen LogP contribution in [0.3, 0.4) is 0 Å². The molecule has 0 amide bonds. The molecule has 0 saturated carbocycles. The van der Waals surface area contributed by atoms with E-state index in [1.54, 1.807) is 12.3 Å². The predicted octanol–water partition coefficient (Wildman–Crippen LogP) is 3.82. The largest absolute Gasteiger partial charge is 0.573 e. The zero-order chi connectivity index (χ0) is 14.6. The summed E-state index contributed by atoms with van der Waals surface area (Å²) in [6, 6.07) is 5.83. The number of hydrogen-bond donors (Lipinski definition) is 1. The van der Waals surface area contributed by atoms with Gasteiger partial charge in [-0.25, -0.2) is 4.98 Å². The number of aromatic nitrogens is 1. The second kappa shape index (κ2) is 6.23. The van der Waals surface area contributed by atoms with Crippen LogP contribution in [0.5, 0.6) is 5.75 Å². The van der Waals surface area contributed by atoms with Crippen LogP contribution in [0.25, 0.3) is 10.6 Å². The van der Waals surface area contributed by atoms with Gasteiger partial charge >= 0.3 is 6.36 Å². The first kappa shape index (κ1) is 14.8. The maximum absolute atomic E-state index is 12.2. The molecular formula is C13H13F3N2OS. The molecule has 108 valence electrons. The lowest BCUT2D eigenvalue weighted by atomic mass is 10.2. The van der Waals surface area contributed by atoms with Gasteiger partial charge in [0.1, 0.15) is 10.8 Å². The fraction of sp³-hybridized carbons (Fsp3) is 0.308. The fourth-order valence-corrected chi connectivity index (χ4v) is 2.48. The minimum Gasteiger partial charge on any atom is -0.406 e. The van der Waals surface area contributed by atoms with Crippen molar-refractivity contribution < 1.29 is 17.9 Å². The summed E-state index contributed by atoms with van der Waals surface area (Å²) >= 11 is 1.44. The van der Waals surface area contributed by atoms with Gasteiger partial charge in [-0.15, -0.1) is 24.5 Å². The molecule has 0 fully saturated rings. The van der Waals surface area contributed by atoms with Crippen molar-refractivity contribution in [2.45, 2.75) is 19.8 Å². The zero-order valence-corrected chi connectivity index (χ0v) is 11.5. The molecule has 20 heavy (non-hydrogen) atoms. The fourth-order valence-electron chi connectivity index (χ4n) is 1.60. The lowest BCUT2D eigenvalue weighted by Gasteiger charge is -2.09. The minimum atomic E-state index is -4.68. The highest BCUT2D eigenvalue weighted by molar-refractivity contribution is 7.15. The number of rotatable bonds is 5. The van der Waals surface area contributed by atoms with Crippen LogP contribution in [-0.2, 0) is 6.54 Å². The van der Waals surface area contributed by atoms with E-state index in [0.717, 1.165) is 11.4 Å². The first-order valence-electron chi connectivity index (χ1n) is 5.99. The highest BCUT2D eigenvalue weighted by Gasteiger charge is 2.31. The van der Waals surface area contributed by atoms with Gasteiger partial charge in [0.05, 0.1) is 0 Å². The highest BCUT2D eigenvalue weighted by atomic mass is 32.1. The van der Waals surface area contributed by atoms with E-state index in [2.05, 4.69) is 15.0 Å². The molecule has 0 aliphatic rings. The smallest absolute Gasteiger partial charge is 0.406 e. The van der Waals surface area contributed by atoms with E-state index in [1.807, 2.05) is 6.92 Å². The molecule has 0 saturated heterocycles. The molecule has 0 unspecified atom stereocenters. The van der Waals surface area contributed by atoms with E-state index in [4.69, 9.17) is 0 Å². The van der Waals surface area contributed by atoms with Crippen molar-refractivity contribution in [2.24, 2.45) is 0 Å². The van der Waals surface area contributed by atoms with Crippen molar-refractivity contribution in [1.29, 1.82) is 0 Å². The Kier molecular flexibility index (Phi) is 4.61. The van der Waals surface area contributed by atoms with E-state index in [9.17, 15) is 13.2 Å². The van der Waals surface area contributed by atoms with Crippen molar-refractivity contribution in [2.75, 3.05) is 6.54 Å². The molecule has 7 heteroatoms. The predicted molar refractivity (Wildman–Crippen MR) is 71.6 cm³/mol. The number of alkyl halides is 3. The molecule has 3 nitrogen and oxygen atoms in total. The SMILES string of the molecule is CCNCc1cnc(-c2cccc(OC(F)(F)F)c2)s1. The van der Waals surface area contributed by atoms with Crippen LogP contribution in [0.2, 0.25) is 0 Å². The van der Waals surface area contributed by atoms with Crippen LogP contribution < -0.4 is 10.1 Å². The van der Waals surface area contributed by atoms with Crippen LogP contribution in [-0.4, -0.2) is 17.9 Å². The molecule has 2 aromatic rings. The topological polar surface area (TPSA) is 34.2 Å². The zero-order valence-electron chi connectivity index (χ0n) is 10.7. The molecule has 1 N–H and O–H groups in total. The Morgan fingerprint density at radius 2 is 2.15 bits per heavy atom. The summed E-state index contributed by atoms with van der Waals surface area (Å²) in [6.07, 6.45) is -2.96. The standard InChI is InChI=1S/C13H13F3N2OS/c1-2-17-7-11-8-18-12(20-11)9-4-3-5-10(6-9)19-13(14,15)16/h3-6,8,17H,2,7H2,1H3. The van der Waals surface area contributed by atoms with E-state index in [0.29, 0.717) is 17.1 Å². The van der Waals surface area contributed by atoms with E-state index in [1.165, 1.54) is 29.5 Å². The summed E-state index contributed by atoms with van der Waals surface area (Å²) < 4.78 is 40.4. The molecule has 1 heterocycles. The Bertz CT molecular complexity index is 569. The van der Waals surface area contributed by atoms with Gasteiger partial charge in [0, 0.05) is 23.2 Å². The average molecular weight is 302 g/mol. The summed E-state index contributed by atoms with van der Waals surface area (Å²) in [5.74, 6) is -0.238. The quantitative estimate of drug-likeness (QED) is 0.911. The molecule has 0 radical (unpaired) electrons. The monoisotopic (exact) mass is 302 g/mol. The second-order valence-electron chi connectivity index (χ2n) is 3.99. The van der Waals surface area contributed by atoms with Gasteiger partial charge in [0.2, 0.25) is 0 Å². The third kappa shape index (κ3) is 4.21. The molecule has 0 spiro atoms. The van der Waals surface area contributed by atoms with Crippen molar-refractivity contribution in [3.05, 3.63) is 35.3 Å². The number of thiazole rings is 1. The maximum Gasteiger partial charge on any atom is 0.573 e. The van der Waals surface area contributed by atoms with Crippen LogP contribution >= 0.6 is 11.3 Å². The second-order valence-corrected chi connectivity index (χ2v) is 5.10. The van der Waals surface area contributed by atoms with Gasteiger partial charge in [-0.1, -0.05) is 19.1 Å². The molecule has 0 aliphatic carbocycles. The number of nitrogens with one attached hydrogen (secondary N) is 1. The summed E-state index contributed by atoms with van der Waals surface area (Å²) in [7, 11) is 0. The van der Waals surface area contributed by atoms with Gasteiger partial charge in [0.15, 0.2) is 0 Å². The number of ether oxygens (including phenoxy) is 1. The van der Waals surface area contributed by atoms with E-state index < -0.39 is 6.36 Å². The molecule has 1 aromatic carbocycles. The van der Waals surface area contributed by atoms with Crippen LogP contribution in [0.4, 0.5) is 13.2 Å². The van der Waals surface area contributed by atoms with Gasteiger partial charge in [-0.3, -0.25) is 0 Å². The van der Waals surface area contributed by atoms with E-state index in [-0.39, 0.29) is 5.75 Å². The minimum absolute atomic E-state index is 0.238. The Morgan fingerprint density at radius 1 is 1.35 bits per heavy atom. The lowest BCUT2D eigenvalue weighted by molar-refractivity contribution is -0.274. The highest BCUT2D eigenvalue weighted by Crippen LogP contribution is 2.30. The van der Waals surface area contributed by atoms with Crippen molar-refractivity contribution in [1.82, 2.24) is 10.3 Å². The van der Waals surface area contributed by atoms with Gasteiger partial charge in [-0.05, 0) is 18.7 Å². The first-order chi connectivity index (χ1) is 9.48. The van der Waals surface area contributed by atoms with E-state index >= 15 is 0 Å². The average Bonchev–Trinajstić information content (AvgIpc) is 2.83.